The SMILES string of the molecule is COc1ccc(OC)c(C2(C)CN2)c1. The van der Waals surface area contributed by atoms with E-state index in [0.29, 0.717) is 0 Å². The minimum absolute atomic E-state index is 0.0693. The van der Waals surface area contributed by atoms with Crippen molar-refractivity contribution in [2.75, 3.05) is 20.8 Å². The molecular formula is C11H15NO2. The number of hydrogen-bond donors (Lipinski definition) is 1. The lowest BCUT2D eigenvalue weighted by Crippen LogP contribution is -2.09. The number of hydrogen-bond acceptors (Lipinski definition) is 3. The molecule has 3 heteroatoms. The fourth-order valence-corrected chi connectivity index (χ4v) is 1.57. The van der Waals surface area contributed by atoms with Gasteiger partial charge in [0.2, 0.25) is 0 Å². The van der Waals surface area contributed by atoms with Gasteiger partial charge in [-0.05, 0) is 25.1 Å². The highest BCUT2D eigenvalue weighted by Gasteiger charge is 2.40. The van der Waals surface area contributed by atoms with Crippen LogP contribution in [-0.2, 0) is 5.54 Å². The van der Waals surface area contributed by atoms with Crippen molar-refractivity contribution in [3.8, 4) is 11.5 Å². The Hall–Kier alpha value is -1.22. The highest BCUT2D eigenvalue weighted by Crippen LogP contribution is 2.38. The fraction of sp³-hybridized carbons (Fsp3) is 0.455. The average Bonchev–Trinajstić information content (AvgIpc) is 2.97. The van der Waals surface area contributed by atoms with Crippen LogP contribution in [0.2, 0.25) is 0 Å². The molecule has 0 spiro atoms. The van der Waals surface area contributed by atoms with Crippen molar-refractivity contribution in [1.29, 1.82) is 0 Å². The van der Waals surface area contributed by atoms with Crippen molar-refractivity contribution < 1.29 is 9.47 Å². The zero-order valence-corrected chi connectivity index (χ0v) is 8.76. The van der Waals surface area contributed by atoms with Gasteiger partial charge in [-0.15, -0.1) is 0 Å². The summed E-state index contributed by atoms with van der Waals surface area (Å²) < 4.78 is 10.5. The first-order valence-electron chi connectivity index (χ1n) is 4.67. The smallest absolute Gasteiger partial charge is 0.124 e. The molecule has 1 N–H and O–H groups in total. The van der Waals surface area contributed by atoms with E-state index < -0.39 is 0 Å². The molecule has 14 heavy (non-hydrogen) atoms. The second-order valence-electron chi connectivity index (χ2n) is 3.75. The van der Waals surface area contributed by atoms with E-state index >= 15 is 0 Å². The lowest BCUT2D eigenvalue weighted by Gasteiger charge is -2.14. The number of nitrogens with one attached hydrogen (secondary N) is 1. The molecule has 1 fully saturated rings. The molecule has 1 atom stereocenters. The summed E-state index contributed by atoms with van der Waals surface area (Å²) in [5.74, 6) is 1.79. The summed E-state index contributed by atoms with van der Waals surface area (Å²) in [6.45, 7) is 3.15. The van der Waals surface area contributed by atoms with Crippen LogP contribution in [0.15, 0.2) is 18.2 Å². The van der Waals surface area contributed by atoms with Gasteiger partial charge in [-0.2, -0.15) is 0 Å². The zero-order chi connectivity index (χ0) is 10.2. The molecule has 1 aliphatic heterocycles. The van der Waals surface area contributed by atoms with Crippen LogP contribution in [0.25, 0.3) is 0 Å². The van der Waals surface area contributed by atoms with Crippen molar-refractivity contribution in [3.63, 3.8) is 0 Å². The van der Waals surface area contributed by atoms with E-state index in [0.717, 1.165) is 18.0 Å². The van der Waals surface area contributed by atoms with Crippen molar-refractivity contribution >= 4 is 0 Å². The first-order chi connectivity index (χ1) is 6.69. The molecule has 76 valence electrons. The third kappa shape index (κ3) is 1.44. The van der Waals surface area contributed by atoms with E-state index in [-0.39, 0.29) is 5.54 Å². The summed E-state index contributed by atoms with van der Waals surface area (Å²) in [5.41, 5.74) is 1.24. The first-order valence-corrected chi connectivity index (χ1v) is 4.67. The van der Waals surface area contributed by atoms with Gasteiger partial charge in [0, 0.05) is 12.1 Å². The topological polar surface area (TPSA) is 40.4 Å². The number of methoxy groups -OCH3 is 2. The third-order valence-corrected chi connectivity index (χ3v) is 2.71. The number of rotatable bonds is 3. The maximum Gasteiger partial charge on any atom is 0.124 e. The van der Waals surface area contributed by atoms with E-state index in [1.54, 1.807) is 14.2 Å². The molecule has 0 saturated carbocycles. The molecule has 0 aliphatic carbocycles. The Morgan fingerprint density at radius 2 is 2.00 bits per heavy atom. The second kappa shape index (κ2) is 3.17. The highest BCUT2D eigenvalue weighted by molar-refractivity contribution is 5.46. The van der Waals surface area contributed by atoms with Crippen LogP contribution in [0.3, 0.4) is 0 Å². The average molecular weight is 193 g/mol. The van der Waals surface area contributed by atoms with Gasteiger partial charge in [0.25, 0.3) is 0 Å². The molecule has 0 radical (unpaired) electrons. The molecule has 1 heterocycles. The Kier molecular flexibility index (Phi) is 2.11. The minimum Gasteiger partial charge on any atom is -0.497 e. The Balaban J connectivity index is 2.43. The summed E-state index contributed by atoms with van der Waals surface area (Å²) in [6, 6.07) is 5.88. The Labute approximate surface area is 84.0 Å². The molecule has 0 aromatic heterocycles. The number of benzene rings is 1. The first kappa shape index (κ1) is 9.34. The standard InChI is InChI=1S/C11H15NO2/c1-11(7-12-11)9-6-8(13-2)4-5-10(9)14-3/h4-6,12H,7H2,1-3H3. The number of ether oxygens (including phenoxy) is 2. The predicted molar refractivity (Wildman–Crippen MR) is 54.9 cm³/mol. The molecule has 1 saturated heterocycles. The van der Waals surface area contributed by atoms with E-state index in [1.807, 2.05) is 18.2 Å². The van der Waals surface area contributed by atoms with Crippen LogP contribution in [0.1, 0.15) is 12.5 Å². The summed E-state index contributed by atoms with van der Waals surface area (Å²) >= 11 is 0. The lowest BCUT2D eigenvalue weighted by atomic mass is 10.00. The largest absolute Gasteiger partial charge is 0.497 e. The molecule has 1 unspecified atom stereocenters. The van der Waals surface area contributed by atoms with Crippen LogP contribution in [-0.4, -0.2) is 20.8 Å². The van der Waals surface area contributed by atoms with Crippen LogP contribution >= 0.6 is 0 Å². The van der Waals surface area contributed by atoms with Gasteiger partial charge in [0.15, 0.2) is 0 Å². The van der Waals surface area contributed by atoms with Crippen LogP contribution in [0.4, 0.5) is 0 Å². The summed E-state index contributed by atoms with van der Waals surface area (Å²) in [4.78, 5) is 0. The van der Waals surface area contributed by atoms with E-state index in [9.17, 15) is 0 Å². The summed E-state index contributed by atoms with van der Waals surface area (Å²) in [6.07, 6.45) is 0. The van der Waals surface area contributed by atoms with Crippen molar-refractivity contribution in [3.05, 3.63) is 23.8 Å². The molecule has 1 aliphatic rings. The van der Waals surface area contributed by atoms with Crippen molar-refractivity contribution in [2.45, 2.75) is 12.5 Å². The third-order valence-electron chi connectivity index (χ3n) is 2.71. The van der Waals surface area contributed by atoms with Gasteiger partial charge >= 0.3 is 0 Å². The molecule has 1 aromatic carbocycles. The molecular weight excluding hydrogens is 178 g/mol. The predicted octanol–water partition coefficient (Wildman–Crippen LogP) is 1.52. The van der Waals surface area contributed by atoms with Crippen molar-refractivity contribution in [1.82, 2.24) is 5.32 Å². The van der Waals surface area contributed by atoms with Gasteiger partial charge in [-0.1, -0.05) is 0 Å². The quantitative estimate of drug-likeness (QED) is 0.740. The van der Waals surface area contributed by atoms with E-state index in [1.165, 1.54) is 5.56 Å². The van der Waals surface area contributed by atoms with E-state index in [2.05, 4.69) is 12.2 Å². The van der Waals surface area contributed by atoms with Crippen molar-refractivity contribution in [2.24, 2.45) is 0 Å². The van der Waals surface area contributed by atoms with E-state index in [4.69, 9.17) is 9.47 Å². The van der Waals surface area contributed by atoms with Crippen LogP contribution < -0.4 is 14.8 Å². The van der Waals surface area contributed by atoms with Crippen LogP contribution in [0.5, 0.6) is 11.5 Å². The monoisotopic (exact) mass is 193 g/mol. The fourth-order valence-electron chi connectivity index (χ4n) is 1.57. The van der Waals surface area contributed by atoms with Gasteiger partial charge < -0.3 is 14.8 Å². The summed E-state index contributed by atoms with van der Waals surface area (Å²) in [5, 5.41) is 3.32. The lowest BCUT2D eigenvalue weighted by molar-refractivity contribution is 0.394. The minimum atomic E-state index is 0.0693. The molecule has 0 bridgehead atoms. The molecule has 0 amide bonds. The second-order valence-corrected chi connectivity index (χ2v) is 3.75. The molecule has 2 rings (SSSR count). The highest BCUT2D eigenvalue weighted by atomic mass is 16.5. The maximum atomic E-state index is 5.32. The van der Waals surface area contributed by atoms with Gasteiger partial charge in [-0.25, -0.2) is 0 Å². The zero-order valence-electron chi connectivity index (χ0n) is 8.76. The normalized spacial score (nSPS) is 24.5. The van der Waals surface area contributed by atoms with Gasteiger partial charge in [-0.3, -0.25) is 0 Å². The van der Waals surface area contributed by atoms with Crippen LogP contribution in [0, 0.1) is 0 Å². The maximum absolute atomic E-state index is 5.32. The molecule has 1 aromatic rings. The summed E-state index contributed by atoms with van der Waals surface area (Å²) in [7, 11) is 3.37. The Morgan fingerprint density at radius 1 is 1.29 bits per heavy atom. The molecule has 3 nitrogen and oxygen atoms in total. The van der Waals surface area contributed by atoms with Gasteiger partial charge in [0.05, 0.1) is 19.8 Å². The Morgan fingerprint density at radius 3 is 2.50 bits per heavy atom. The van der Waals surface area contributed by atoms with Gasteiger partial charge in [0.1, 0.15) is 11.5 Å². The Bertz CT molecular complexity index is 345.